The molecule has 0 spiro atoms. The Morgan fingerprint density at radius 3 is 1.35 bits per heavy atom. The van der Waals surface area contributed by atoms with E-state index in [9.17, 15) is 110 Å². The van der Waals surface area contributed by atoms with Gasteiger partial charge in [0.2, 0.25) is 42.3 Å². The molecule has 0 aliphatic carbocycles. The summed E-state index contributed by atoms with van der Waals surface area (Å²) in [5.41, 5.74) is 7.02. The van der Waals surface area contributed by atoms with Gasteiger partial charge in [0.25, 0.3) is 11.4 Å². The van der Waals surface area contributed by atoms with Crippen LogP contribution in [0.3, 0.4) is 0 Å². The number of unbranched alkanes of at least 4 members (excludes halogenated alkanes) is 3. The van der Waals surface area contributed by atoms with Gasteiger partial charge in [0.1, 0.15) is 20.4 Å². The van der Waals surface area contributed by atoms with Gasteiger partial charge >= 0.3 is 0 Å². The van der Waals surface area contributed by atoms with E-state index < -0.39 is 85.3 Å². The van der Waals surface area contributed by atoms with Crippen LogP contribution in [0.25, 0.3) is 0 Å². The maximum atomic E-state index is 11.3. The fourth-order valence-corrected chi connectivity index (χ4v) is 5.99. The minimum atomic E-state index is -1.22. The molecule has 4 atom stereocenters. The van der Waals surface area contributed by atoms with Gasteiger partial charge in [0, 0.05) is 51.4 Å². The summed E-state index contributed by atoms with van der Waals surface area (Å²) in [6.45, 7) is 4.00. The second kappa shape index (κ2) is 43.5. The van der Waals surface area contributed by atoms with E-state index in [0.717, 1.165) is 25.5 Å². The number of amides is 2. The van der Waals surface area contributed by atoms with Crippen LogP contribution in [0, 0.1) is 91.0 Å². The molecular formula is C33H59N17O22S2. The molecule has 0 radical (unpaired) electrons. The number of hydrogen-bond donors (Lipinski definition) is 8. The molecule has 1 rings (SSSR count). The van der Waals surface area contributed by atoms with Crippen LogP contribution in [0.5, 0.6) is 0 Å². The van der Waals surface area contributed by atoms with Crippen LogP contribution in [0.1, 0.15) is 71.6 Å². The number of rotatable bonds is 34. The van der Waals surface area contributed by atoms with Gasteiger partial charge in [-0.1, -0.05) is 20.3 Å². The molecule has 0 heterocycles. The first-order valence-corrected chi connectivity index (χ1v) is 23.0. The number of anilines is 1. The molecule has 41 heteroatoms. The molecule has 0 unspecified atom stereocenters. The van der Waals surface area contributed by atoms with E-state index in [2.05, 4.69) is 26.7 Å². The SMILES string of the molecule is CCC(=O)[C@H](CCCCNC)N[N+](=O)[O-].CCC(=O)[C@H](CS[N+](=O)[O-])N[N+](=O)[O-].CNC(=O)[C@H](CCCCC[N+](=O)[O-])N[N+](=O)[O-].CNC(=O)[C@H](CS[N+](=O)[O-])N[N+](=O)[O-].CNc1ccc([N+](=O)[O-])cc1[N+](=O)[O-]. The van der Waals surface area contributed by atoms with Crippen LogP contribution in [0.2, 0.25) is 0 Å². The highest BCUT2D eigenvalue weighted by atomic mass is 32.2. The number of benzene rings is 1. The first-order chi connectivity index (χ1) is 34.6. The van der Waals surface area contributed by atoms with Crippen LogP contribution < -0.4 is 43.0 Å². The minimum Gasteiger partial charge on any atom is -0.383 e. The Morgan fingerprint density at radius 2 is 0.946 bits per heavy atom. The Bertz CT molecular complexity index is 1960. The Morgan fingerprint density at radius 1 is 0.527 bits per heavy atom. The number of nitro groups is 9. The lowest BCUT2D eigenvalue weighted by atomic mass is 10.0. The van der Waals surface area contributed by atoms with E-state index >= 15 is 0 Å². The van der Waals surface area contributed by atoms with Gasteiger partial charge in [-0.2, -0.15) is 0 Å². The number of nitro benzene ring substituents is 2. The molecular weight excluding hydrogens is 1050 g/mol. The molecule has 0 aliphatic heterocycles. The summed E-state index contributed by atoms with van der Waals surface area (Å²) < 4.78 is -1.42. The second-order valence-electron chi connectivity index (χ2n) is 13.6. The average molecular weight is 1110 g/mol. The highest BCUT2D eigenvalue weighted by molar-refractivity contribution is 7.93. The van der Waals surface area contributed by atoms with Gasteiger partial charge in [0.15, 0.2) is 49.8 Å². The van der Waals surface area contributed by atoms with Gasteiger partial charge in [0.05, 0.1) is 27.4 Å². The lowest BCUT2D eigenvalue weighted by Gasteiger charge is -2.11. The molecule has 1 aromatic rings. The number of carbonyl (C=O) groups excluding carboxylic acids is 4. The van der Waals surface area contributed by atoms with Crippen molar-refractivity contribution in [3.05, 3.63) is 109 Å². The Labute approximate surface area is 427 Å². The molecule has 420 valence electrons. The summed E-state index contributed by atoms with van der Waals surface area (Å²) in [5.74, 6) is -2.21. The maximum Gasteiger partial charge on any atom is 0.299 e. The number of hydrazine groups is 4. The largest absolute Gasteiger partial charge is 0.383 e. The van der Waals surface area contributed by atoms with Gasteiger partial charge in [-0.15, -0.1) is 21.7 Å². The molecule has 0 aliphatic rings. The van der Waals surface area contributed by atoms with Crippen molar-refractivity contribution in [3.63, 3.8) is 0 Å². The van der Waals surface area contributed by atoms with Gasteiger partial charge in [-0.05, 0) is 51.8 Å². The second-order valence-corrected chi connectivity index (χ2v) is 15.4. The lowest BCUT2D eigenvalue weighted by Crippen LogP contribution is -2.47. The van der Waals surface area contributed by atoms with Crippen molar-refractivity contribution < 1.29 is 62.7 Å². The number of carbonyl (C=O) groups is 4. The highest BCUT2D eigenvalue weighted by Crippen LogP contribution is 2.28. The molecule has 74 heavy (non-hydrogen) atoms. The van der Waals surface area contributed by atoms with Crippen LogP contribution >= 0.6 is 23.9 Å². The van der Waals surface area contributed by atoms with Crippen LogP contribution in [0.4, 0.5) is 17.1 Å². The molecule has 0 aromatic heterocycles. The Balaban J connectivity index is -0.000000415. The third-order valence-electron chi connectivity index (χ3n) is 8.50. The number of ketones is 2. The molecule has 0 saturated heterocycles. The summed E-state index contributed by atoms with van der Waals surface area (Å²) in [6, 6.07) is -0.427. The number of hydrogen-bond acceptors (Lipinski definition) is 26. The normalized spacial score (nSPS) is 11.3. The predicted molar refractivity (Wildman–Crippen MR) is 261 cm³/mol. The topological polar surface area (TPSA) is 553 Å². The summed E-state index contributed by atoms with van der Waals surface area (Å²) in [6.07, 6.45) is 4.45. The zero-order chi connectivity index (χ0) is 57.9. The third kappa shape index (κ3) is 40.5. The van der Waals surface area contributed by atoms with Crippen molar-refractivity contribution in [1.82, 2.24) is 37.7 Å². The van der Waals surface area contributed by atoms with Crippen LogP contribution in [0.15, 0.2) is 18.2 Å². The Hall–Kier alpha value is -8.24. The van der Waals surface area contributed by atoms with E-state index in [4.69, 9.17) is 0 Å². The van der Waals surface area contributed by atoms with Crippen molar-refractivity contribution >= 4 is 64.3 Å². The minimum absolute atomic E-state index is 0.101. The number of likely N-dealkylation sites (N-methyl/N-ethyl adjacent to an activating group) is 2. The quantitative estimate of drug-likeness (QED) is 0.0203. The van der Waals surface area contributed by atoms with E-state index in [1.165, 1.54) is 40.2 Å². The molecule has 0 bridgehead atoms. The first kappa shape index (κ1) is 72.3. The third-order valence-corrected chi connectivity index (χ3v) is 9.89. The van der Waals surface area contributed by atoms with Crippen molar-refractivity contribution in [3.8, 4) is 0 Å². The Kier molecular flexibility index (Phi) is 42.5. The number of nitrogens with one attached hydrogen (secondary N) is 8. The van der Waals surface area contributed by atoms with Crippen molar-refractivity contribution in [1.29, 1.82) is 0 Å². The molecule has 8 N–H and O–H groups in total. The smallest absolute Gasteiger partial charge is 0.299 e. The number of nitrogens with zero attached hydrogens (tertiary/aromatic N) is 9. The molecule has 0 saturated carbocycles. The summed E-state index contributed by atoms with van der Waals surface area (Å²) in [5, 5.41) is 98.1. The first-order valence-electron chi connectivity index (χ1n) is 21.1. The molecule has 0 fully saturated rings. The summed E-state index contributed by atoms with van der Waals surface area (Å²) in [7, 11) is 6.04. The van der Waals surface area contributed by atoms with Crippen LogP contribution in [-0.2, 0) is 19.2 Å². The monoisotopic (exact) mass is 1110 g/mol. The number of non-ortho nitro benzene ring substituents is 1. The van der Waals surface area contributed by atoms with E-state index in [-0.39, 0.29) is 77.6 Å². The van der Waals surface area contributed by atoms with E-state index in [0.29, 0.717) is 32.1 Å². The molecule has 39 nitrogen and oxygen atoms in total. The van der Waals surface area contributed by atoms with Gasteiger partial charge in [-0.3, -0.25) is 69.7 Å². The summed E-state index contributed by atoms with van der Waals surface area (Å²) in [4.78, 5) is 134. The van der Waals surface area contributed by atoms with Gasteiger partial charge < -0.3 is 21.3 Å². The van der Waals surface area contributed by atoms with Crippen molar-refractivity contribution in [2.24, 2.45) is 0 Å². The van der Waals surface area contributed by atoms with E-state index in [1.807, 2.05) is 12.5 Å². The fourth-order valence-electron chi connectivity index (χ4n) is 4.96. The highest BCUT2D eigenvalue weighted by Gasteiger charge is 2.27. The van der Waals surface area contributed by atoms with E-state index in [1.54, 1.807) is 17.8 Å². The van der Waals surface area contributed by atoms with Gasteiger partial charge in [-0.25, -0.2) is 40.5 Å². The summed E-state index contributed by atoms with van der Waals surface area (Å²) >= 11 is 0.479. The van der Waals surface area contributed by atoms with Crippen LogP contribution in [-0.4, -0.2) is 144 Å². The zero-order valence-corrected chi connectivity index (χ0v) is 42.2. The predicted octanol–water partition coefficient (Wildman–Crippen LogP) is 0.617. The maximum absolute atomic E-state index is 11.3. The standard InChI is InChI=1S/C9H19N3O3.C8H16N4O5.C7H7N3O4.C5H9N3O5S.C4H8N4O5S/c1-3-9(13)8(11-12(14)15)6-4-5-7-10-2;1-9-8(13)7(10-12(16)17)5-3-2-4-6-11(14)15;1-8-6-3-2-5(9(11)12)4-7(6)10(13)14;1-2-5(9)4(6-7(10)11)3-14-8(12)13;1-5-4(9)3(6-7(10)11)2-14-8(12)13/h8,10-11H,3-7H2,1-2H3;7,10H,2-6H2,1H3,(H,9,13);2-4,8H,1H3;4,6H,2-3H2,1H3;3,6H,2H2,1H3,(H,5,9)/t8-;7-;;4-;3-/m00.00/s1. The lowest BCUT2D eigenvalue weighted by molar-refractivity contribution is -0.548. The van der Waals surface area contributed by atoms with Crippen molar-refractivity contribution in [2.75, 3.05) is 58.1 Å². The fraction of sp³-hybridized carbons (Fsp3) is 0.697. The average Bonchev–Trinajstić information content (AvgIpc) is 3.33. The van der Waals surface area contributed by atoms with Crippen molar-refractivity contribution in [2.45, 2.75) is 95.8 Å². The zero-order valence-electron chi connectivity index (χ0n) is 40.6. The molecule has 2 amide bonds. The number of Topliss-reactive ketones (excluding diaryl/α,β-unsaturated/α-hetero) is 2. The molecule has 1 aromatic carbocycles.